The fraction of sp³-hybridized carbons (Fsp3) is 0.636. The maximum absolute atomic E-state index is 12.1. The first-order valence-corrected chi connectivity index (χ1v) is 6.68. The summed E-state index contributed by atoms with van der Waals surface area (Å²) in [5.74, 6) is -2.13. The second kappa shape index (κ2) is 6.05. The lowest BCUT2D eigenvalue weighted by Crippen LogP contribution is -2.46. The van der Waals surface area contributed by atoms with Crippen molar-refractivity contribution in [3.05, 3.63) is 0 Å². The number of carboxylic acids is 1. The van der Waals surface area contributed by atoms with Gasteiger partial charge >= 0.3 is 12.0 Å². The number of hydrogen-bond donors (Lipinski definition) is 1. The average molecular weight is 288 g/mol. The van der Waals surface area contributed by atoms with Crippen LogP contribution in [0.4, 0.5) is 4.79 Å². The van der Waals surface area contributed by atoms with Crippen LogP contribution in [0.1, 0.15) is 13.8 Å². The van der Waals surface area contributed by atoms with Crippen molar-refractivity contribution in [2.45, 2.75) is 19.9 Å². The minimum Gasteiger partial charge on any atom is -0.480 e. The van der Waals surface area contributed by atoms with Gasteiger partial charge in [-0.05, 0) is 0 Å². The molecular formula is C11H16N2O5S. The number of likely N-dealkylation sites (N-methyl/N-ethyl adjacent to an activating group) is 1. The van der Waals surface area contributed by atoms with Gasteiger partial charge in [0, 0.05) is 25.6 Å². The van der Waals surface area contributed by atoms with E-state index in [0.29, 0.717) is 0 Å². The molecule has 1 N–H and O–H groups in total. The molecule has 8 heteroatoms. The Morgan fingerprint density at radius 3 is 2.53 bits per heavy atom. The van der Waals surface area contributed by atoms with Crippen LogP contribution in [-0.2, 0) is 14.4 Å². The zero-order valence-corrected chi connectivity index (χ0v) is 11.8. The molecule has 0 radical (unpaired) electrons. The van der Waals surface area contributed by atoms with E-state index >= 15 is 0 Å². The standard InChI is InChI=1S/C11H16N2O5S/c1-6(5-19-7(2)14)9(15)13-8(10(16)17)4-12(3)11(13)18/h6,8H,4-5H2,1-3H3,(H,16,17)/t6-,8?/m1/s1. The highest BCUT2D eigenvalue weighted by molar-refractivity contribution is 8.13. The molecule has 0 aromatic carbocycles. The van der Waals surface area contributed by atoms with Crippen LogP contribution >= 0.6 is 11.8 Å². The van der Waals surface area contributed by atoms with Gasteiger partial charge in [-0.25, -0.2) is 14.5 Å². The number of amides is 3. The molecule has 0 aromatic rings. The lowest BCUT2D eigenvalue weighted by Gasteiger charge is -2.21. The van der Waals surface area contributed by atoms with Crippen LogP contribution in [0, 0.1) is 5.92 Å². The number of aliphatic carboxylic acids is 1. The Balaban J connectivity index is 2.80. The third kappa shape index (κ3) is 3.46. The van der Waals surface area contributed by atoms with Crippen LogP contribution in [0.2, 0.25) is 0 Å². The highest BCUT2D eigenvalue weighted by Gasteiger charge is 2.44. The lowest BCUT2D eigenvalue weighted by molar-refractivity contribution is -0.147. The van der Waals surface area contributed by atoms with Crippen molar-refractivity contribution >= 4 is 34.8 Å². The summed E-state index contributed by atoms with van der Waals surface area (Å²) in [6.07, 6.45) is 0. The lowest BCUT2D eigenvalue weighted by atomic mass is 10.1. The predicted molar refractivity (Wildman–Crippen MR) is 68.6 cm³/mol. The number of hydrogen-bond acceptors (Lipinski definition) is 5. The predicted octanol–water partition coefficient (Wildman–Crippen LogP) is 0.249. The van der Waals surface area contributed by atoms with Gasteiger partial charge in [0.2, 0.25) is 5.91 Å². The monoisotopic (exact) mass is 288 g/mol. The van der Waals surface area contributed by atoms with Crippen molar-refractivity contribution in [3.8, 4) is 0 Å². The molecule has 1 aliphatic heterocycles. The highest BCUT2D eigenvalue weighted by atomic mass is 32.2. The molecule has 1 unspecified atom stereocenters. The summed E-state index contributed by atoms with van der Waals surface area (Å²) >= 11 is 0.979. The number of carbonyl (C=O) groups excluding carboxylic acids is 3. The first-order chi connectivity index (χ1) is 8.75. The van der Waals surface area contributed by atoms with Crippen molar-refractivity contribution in [1.82, 2.24) is 9.80 Å². The van der Waals surface area contributed by atoms with E-state index in [4.69, 9.17) is 5.11 Å². The zero-order chi connectivity index (χ0) is 14.7. The number of carboxylic acid groups (broad SMARTS) is 1. The average Bonchev–Trinajstić information content (AvgIpc) is 2.62. The molecule has 1 saturated heterocycles. The molecule has 19 heavy (non-hydrogen) atoms. The maximum atomic E-state index is 12.1. The highest BCUT2D eigenvalue weighted by Crippen LogP contribution is 2.20. The Morgan fingerprint density at radius 2 is 2.05 bits per heavy atom. The summed E-state index contributed by atoms with van der Waals surface area (Å²) in [5, 5.41) is 8.91. The van der Waals surface area contributed by atoms with Crippen LogP contribution < -0.4 is 0 Å². The van der Waals surface area contributed by atoms with Crippen molar-refractivity contribution in [3.63, 3.8) is 0 Å². The summed E-state index contributed by atoms with van der Waals surface area (Å²) < 4.78 is 0. The molecule has 0 bridgehead atoms. The van der Waals surface area contributed by atoms with Crippen molar-refractivity contribution in [1.29, 1.82) is 0 Å². The van der Waals surface area contributed by atoms with Gasteiger partial charge in [0.1, 0.15) is 0 Å². The van der Waals surface area contributed by atoms with E-state index in [0.717, 1.165) is 16.7 Å². The van der Waals surface area contributed by atoms with Gasteiger partial charge in [0.05, 0.1) is 6.54 Å². The van der Waals surface area contributed by atoms with Crippen LogP contribution in [0.25, 0.3) is 0 Å². The van der Waals surface area contributed by atoms with Crippen molar-refractivity contribution < 1.29 is 24.3 Å². The number of urea groups is 1. The molecule has 1 heterocycles. The number of carbonyl (C=O) groups is 4. The Kier molecular flexibility index (Phi) is 4.93. The Morgan fingerprint density at radius 1 is 1.47 bits per heavy atom. The van der Waals surface area contributed by atoms with Gasteiger partial charge in [-0.3, -0.25) is 9.59 Å². The van der Waals surface area contributed by atoms with Gasteiger partial charge in [-0.2, -0.15) is 0 Å². The Bertz CT molecular complexity index is 425. The minimum atomic E-state index is -1.21. The van der Waals surface area contributed by atoms with E-state index in [2.05, 4.69) is 0 Å². The van der Waals surface area contributed by atoms with E-state index in [1.807, 2.05) is 0 Å². The van der Waals surface area contributed by atoms with E-state index in [-0.39, 0.29) is 17.4 Å². The number of thioether (sulfide) groups is 1. The Labute approximate surface area is 114 Å². The third-order valence-electron chi connectivity index (χ3n) is 2.77. The van der Waals surface area contributed by atoms with Crippen molar-refractivity contribution in [2.24, 2.45) is 5.92 Å². The number of rotatable bonds is 4. The summed E-state index contributed by atoms with van der Waals surface area (Å²) in [6.45, 7) is 2.94. The largest absolute Gasteiger partial charge is 0.480 e. The fourth-order valence-electron chi connectivity index (χ4n) is 1.72. The Hall–Kier alpha value is -1.57. The first kappa shape index (κ1) is 15.5. The summed E-state index contributed by atoms with van der Waals surface area (Å²) in [5.41, 5.74) is 0. The topological polar surface area (TPSA) is 95.0 Å². The van der Waals surface area contributed by atoms with Gasteiger partial charge in [-0.15, -0.1) is 0 Å². The van der Waals surface area contributed by atoms with Gasteiger partial charge in [-0.1, -0.05) is 18.7 Å². The van der Waals surface area contributed by atoms with Crippen LogP contribution in [0.15, 0.2) is 0 Å². The summed E-state index contributed by atoms with van der Waals surface area (Å²) in [7, 11) is 1.44. The molecule has 106 valence electrons. The first-order valence-electron chi connectivity index (χ1n) is 5.70. The van der Waals surface area contributed by atoms with E-state index < -0.39 is 29.9 Å². The number of nitrogens with zero attached hydrogens (tertiary/aromatic N) is 2. The SMILES string of the molecule is CC(=O)SC[C@@H](C)C(=O)N1C(=O)N(C)CC1C(=O)O. The van der Waals surface area contributed by atoms with Crippen LogP contribution in [-0.4, -0.2) is 63.3 Å². The summed E-state index contributed by atoms with van der Waals surface area (Å²) in [4.78, 5) is 47.8. The third-order valence-corrected chi connectivity index (χ3v) is 3.84. The van der Waals surface area contributed by atoms with Crippen LogP contribution in [0.3, 0.4) is 0 Å². The van der Waals surface area contributed by atoms with Gasteiger partial charge < -0.3 is 10.0 Å². The minimum absolute atomic E-state index is 0.0214. The molecule has 3 amide bonds. The normalized spacial score (nSPS) is 20.6. The van der Waals surface area contributed by atoms with Crippen LogP contribution in [0.5, 0.6) is 0 Å². The zero-order valence-electron chi connectivity index (χ0n) is 11.0. The fourth-order valence-corrected chi connectivity index (χ4v) is 2.35. The molecule has 0 saturated carbocycles. The quantitative estimate of drug-likeness (QED) is 0.796. The van der Waals surface area contributed by atoms with Gasteiger partial charge in [0.15, 0.2) is 11.2 Å². The summed E-state index contributed by atoms with van der Waals surface area (Å²) in [6, 6.07) is -1.77. The molecule has 0 aliphatic carbocycles. The number of imide groups is 1. The maximum Gasteiger partial charge on any atom is 0.328 e. The molecule has 0 spiro atoms. The van der Waals surface area contributed by atoms with Gasteiger partial charge in [0.25, 0.3) is 0 Å². The molecule has 1 aliphatic rings. The molecule has 1 fully saturated rings. The van der Waals surface area contributed by atoms with E-state index in [1.54, 1.807) is 6.92 Å². The molecule has 2 atom stereocenters. The molecule has 0 aromatic heterocycles. The smallest absolute Gasteiger partial charge is 0.328 e. The second-order valence-electron chi connectivity index (χ2n) is 4.43. The van der Waals surface area contributed by atoms with E-state index in [9.17, 15) is 19.2 Å². The van der Waals surface area contributed by atoms with Crippen molar-refractivity contribution in [2.75, 3.05) is 19.3 Å². The second-order valence-corrected chi connectivity index (χ2v) is 5.63. The molecular weight excluding hydrogens is 272 g/mol. The molecule has 1 rings (SSSR count). The molecule has 7 nitrogen and oxygen atoms in total. The van der Waals surface area contributed by atoms with E-state index in [1.165, 1.54) is 18.9 Å².